The summed E-state index contributed by atoms with van der Waals surface area (Å²) in [6.45, 7) is 3.83. The molecule has 3 aromatic rings. The van der Waals surface area contributed by atoms with E-state index in [2.05, 4.69) is 22.2 Å². The summed E-state index contributed by atoms with van der Waals surface area (Å²) in [4.78, 5) is 27.8. The average molecular weight is 411 g/mol. The molecule has 0 spiro atoms. The molecule has 1 saturated heterocycles. The Kier molecular flexibility index (Phi) is 5.53. The molecular weight excluding hydrogens is 388 g/mol. The molecule has 29 heavy (non-hydrogen) atoms. The average Bonchev–Trinajstić information content (AvgIpc) is 2.72. The lowest BCUT2D eigenvalue weighted by molar-refractivity contribution is -0.117. The third kappa shape index (κ3) is 4.12. The van der Waals surface area contributed by atoms with Crippen molar-refractivity contribution in [1.82, 2.24) is 9.78 Å². The molecule has 7 heteroatoms. The first-order chi connectivity index (χ1) is 14.0. The lowest BCUT2D eigenvalue weighted by atomic mass is 10.00. The number of anilines is 2. The summed E-state index contributed by atoms with van der Waals surface area (Å²) in [5.41, 5.74) is 0.238. The third-order valence-corrected chi connectivity index (χ3v) is 5.58. The normalized spacial score (nSPS) is 16.8. The number of amides is 1. The molecule has 4 rings (SSSR count). The maximum Gasteiger partial charge on any atom is 0.275 e. The Balaban J connectivity index is 1.69. The van der Waals surface area contributed by atoms with Crippen molar-refractivity contribution < 1.29 is 4.79 Å². The van der Waals surface area contributed by atoms with Gasteiger partial charge in [-0.2, -0.15) is 5.10 Å². The molecule has 2 heterocycles. The minimum atomic E-state index is -0.346. The number of piperidine rings is 1. The molecule has 1 atom stereocenters. The summed E-state index contributed by atoms with van der Waals surface area (Å²) in [6.07, 6.45) is 2.28. The highest BCUT2D eigenvalue weighted by Gasteiger charge is 2.22. The Morgan fingerprint density at radius 1 is 1.17 bits per heavy atom. The summed E-state index contributed by atoms with van der Waals surface area (Å²) in [5.74, 6) is 0.978. The molecule has 1 aliphatic heterocycles. The molecule has 1 N–H and O–H groups in total. The largest absolute Gasteiger partial charge is 0.354 e. The van der Waals surface area contributed by atoms with Crippen LogP contribution in [0.2, 0.25) is 5.02 Å². The van der Waals surface area contributed by atoms with E-state index >= 15 is 0 Å². The number of nitrogens with one attached hydrogen (secondary N) is 1. The van der Waals surface area contributed by atoms with Gasteiger partial charge < -0.3 is 10.2 Å². The Bertz CT molecular complexity index is 1110. The molecule has 1 amide bonds. The topological polar surface area (TPSA) is 67.2 Å². The maximum absolute atomic E-state index is 13.0. The fourth-order valence-corrected chi connectivity index (χ4v) is 4.01. The van der Waals surface area contributed by atoms with Crippen molar-refractivity contribution in [2.75, 3.05) is 23.3 Å². The summed E-state index contributed by atoms with van der Waals surface area (Å²) in [7, 11) is 0. The zero-order valence-electron chi connectivity index (χ0n) is 16.3. The molecule has 0 bridgehead atoms. The molecule has 0 radical (unpaired) electrons. The van der Waals surface area contributed by atoms with Crippen molar-refractivity contribution >= 4 is 39.8 Å². The lowest BCUT2D eigenvalue weighted by Crippen LogP contribution is -2.38. The minimum absolute atomic E-state index is 0.175. The molecule has 1 aromatic heterocycles. The first-order valence-corrected chi connectivity index (χ1v) is 10.2. The molecule has 1 aliphatic rings. The van der Waals surface area contributed by atoms with Gasteiger partial charge in [-0.05, 0) is 37.0 Å². The predicted octanol–water partition coefficient (Wildman–Crippen LogP) is 3.92. The van der Waals surface area contributed by atoms with E-state index in [1.165, 1.54) is 11.1 Å². The highest BCUT2D eigenvalue weighted by Crippen LogP contribution is 2.27. The second kappa shape index (κ2) is 8.25. The van der Waals surface area contributed by atoms with Gasteiger partial charge >= 0.3 is 0 Å². The zero-order valence-corrected chi connectivity index (χ0v) is 17.0. The number of aromatic nitrogens is 2. The van der Waals surface area contributed by atoms with Crippen molar-refractivity contribution in [2.24, 2.45) is 5.92 Å². The van der Waals surface area contributed by atoms with Crippen LogP contribution in [0, 0.1) is 5.92 Å². The van der Waals surface area contributed by atoms with Crippen LogP contribution in [0.4, 0.5) is 11.5 Å². The van der Waals surface area contributed by atoms with Gasteiger partial charge in [0.25, 0.3) is 5.56 Å². The van der Waals surface area contributed by atoms with Crippen molar-refractivity contribution in [3.8, 4) is 0 Å². The summed E-state index contributed by atoms with van der Waals surface area (Å²) >= 11 is 6.12. The number of fused-ring (bicyclic) bond motifs is 1. The molecular formula is C22H23ClN4O2. The number of benzene rings is 2. The summed E-state index contributed by atoms with van der Waals surface area (Å²) in [6, 6.07) is 14.5. The van der Waals surface area contributed by atoms with E-state index in [4.69, 9.17) is 11.6 Å². The molecule has 1 unspecified atom stereocenters. The molecule has 2 aromatic carbocycles. The number of nitrogens with zero attached hydrogens (tertiary/aromatic N) is 3. The fourth-order valence-electron chi connectivity index (χ4n) is 3.83. The lowest BCUT2D eigenvalue weighted by Gasteiger charge is -2.32. The second-order valence-corrected chi connectivity index (χ2v) is 7.96. The molecule has 6 nitrogen and oxygen atoms in total. The number of para-hydroxylation sites is 1. The van der Waals surface area contributed by atoms with Crippen LogP contribution < -0.4 is 15.8 Å². The van der Waals surface area contributed by atoms with Crippen molar-refractivity contribution in [2.45, 2.75) is 26.3 Å². The Morgan fingerprint density at radius 3 is 2.66 bits per heavy atom. The smallest absolute Gasteiger partial charge is 0.275 e. The first-order valence-electron chi connectivity index (χ1n) is 9.82. The second-order valence-electron chi connectivity index (χ2n) is 7.55. The van der Waals surface area contributed by atoms with Gasteiger partial charge in [0.05, 0.1) is 16.1 Å². The molecule has 1 fully saturated rings. The van der Waals surface area contributed by atoms with E-state index in [-0.39, 0.29) is 18.0 Å². The Hall–Kier alpha value is -2.86. The number of hydrogen-bond acceptors (Lipinski definition) is 4. The van der Waals surface area contributed by atoms with Gasteiger partial charge in [-0.25, -0.2) is 4.68 Å². The highest BCUT2D eigenvalue weighted by molar-refractivity contribution is 6.33. The van der Waals surface area contributed by atoms with Crippen LogP contribution in [0.1, 0.15) is 19.8 Å². The van der Waals surface area contributed by atoms with Crippen LogP contribution in [-0.2, 0) is 11.3 Å². The summed E-state index contributed by atoms with van der Waals surface area (Å²) in [5, 5.41) is 9.20. The zero-order chi connectivity index (χ0) is 20.4. The Labute approximate surface area is 174 Å². The van der Waals surface area contributed by atoms with Gasteiger partial charge in [0.1, 0.15) is 6.54 Å². The van der Waals surface area contributed by atoms with E-state index in [0.717, 1.165) is 30.7 Å². The molecule has 0 aliphatic carbocycles. The van der Waals surface area contributed by atoms with Crippen LogP contribution in [0.25, 0.3) is 10.8 Å². The van der Waals surface area contributed by atoms with Crippen molar-refractivity contribution in [3.05, 3.63) is 63.9 Å². The van der Waals surface area contributed by atoms with E-state index < -0.39 is 0 Å². The number of carbonyl (C=O) groups is 1. The highest BCUT2D eigenvalue weighted by atomic mass is 35.5. The van der Waals surface area contributed by atoms with Gasteiger partial charge in [0, 0.05) is 18.5 Å². The fraction of sp³-hybridized carbons (Fsp3) is 0.318. The Morgan fingerprint density at radius 2 is 1.90 bits per heavy atom. The van der Waals surface area contributed by atoms with Crippen LogP contribution in [0.5, 0.6) is 0 Å². The van der Waals surface area contributed by atoms with Crippen LogP contribution in [-0.4, -0.2) is 28.8 Å². The van der Waals surface area contributed by atoms with Crippen LogP contribution >= 0.6 is 11.6 Å². The number of hydrogen-bond donors (Lipinski definition) is 1. The SMILES string of the molecule is CC1CCCN(c2nn(CC(=O)Nc3ccccc3Cl)c(=O)c3ccccc23)C1. The molecule has 150 valence electrons. The van der Waals surface area contributed by atoms with E-state index in [1.807, 2.05) is 18.2 Å². The van der Waals surface area contributed by atoms with E-state index in [1.54, 1.807) is 30.3 Å². The van der Waals surface area contributed by atoms with Crippen molar-refractivity contribution in [3.63, 3.8) is 0 Å². The first kappa shape index (κ1) is 19.5. The number of rotatable bonds is 4. The predicted molar refractivity (Wildman–Crippen MR) is 117 cm³/mol. The third-order valence-electron chi connectivity index (χ3n) is 5.25. The number of halogens is 1. The maximum atomic E-state index is 13.0. The van der Waals surface area contributed by atoms with Crippen LogP contribution in [0.3, 0.4) is 0 Å². The van der Waals surface area contributed by atoms with Gasteiger partial charge in [-0.3, -0.25) is 9.59 Å². The standard InChI is InChI=1S/C22H23ClN4O2/c1-15-7-6-12-26(13-15)21-16-8-2-3-9-17(16)22(29)27(25-21)14-20(28)24-19-11-5-4-10-18(19)23/h2-5,8-11,15H,6-7,12-14H2,1H3,(H,24,28). The summed E-state index contributed by atoms with van der Waals surface area (Å²) < 4.78 is 1.25. The van der Waals surface area contributed by atoms with Crippen LogP contribution in [0.15, 0.2) is 53.3 Å². The van der Waals surface area contributed by atoms with E-state index in [0.29, 0.717) is 22.0 Å². The number of carbonyl (C=O) groups excluding carboxylic acids is 1. The monoisotopic (exact) mass is 410 g/mol. The van der Waals surface area contributed by atoms with Crippen molar-refractivity contribution in [1.29, 1.82) is 0 Å². The quantitative estimate of drug-likeness (QED) is 0.707. The minimum Gasteiger partial charge on any atom is -0.354 e. The van der Waals surface area contributed by atoms with Gasteiger partial charge in [0.2, 0.25) is 5.91 Å². The van der Waals surface area contributed by atoms with Gasteiger partial charge in [0.15, 0.2) is 5.82 Å². The van der Waals surface area contributed by atoms with E-state index in [9.17, 15) is 9.59 Å². The van der Waals surface area contributed by atoms with Gasteiger partial charge in [-0.15, -0.1) is 0 Å². The van der Waals surface area contributed by atoms with Gasteiger partial charge in [-0.1, -0.05) is 48.9 Å². The molecule has 0 saturated carbocycles.